The van der Waals surface area contributed by atoms with E-state index in [2.05, 4.69) is 25.9 Å². The van der Waals surface area contributed by atoms with E-state index in [0.29, 0.717) is 16.8 Å². The van der Waals surface area contributed by atoms with Gasteiger partial charge in [-0.1, -0.05) is 0 Å². The first-order valence-electron chi connectivity index (χ1n) is 7.78. The van der Waals surface area contributed by atoms with Crippen molar-refractivity contribution in [3.63, 3.8) is 0 Å². The maximum absolute atomic E-state index is 12.7. The smallest absolute Gasteiger partial charge is 0.260 e. The molecule has 1 unspecified atom stereocenters. The van der Waals surface area contributed by atoms with Gasteiger partial charge in [0.05, 0.1) is 34.4 Å². The van der Waals surface area contributed by atoms with E-state index in [1.54, 1.807) is 23.0 Å². The predicted molar refractivity (Wildman–Crippen MR) is 96.1 cm³/mol. The van der Waals surface area contributed by atoms with Crippen LogP contribution in [0, 0.1) is 0 Å². The van der Waals surface area contributed by atoms with Gasteiger partial charge < -0.3 is 16.4 Å². The molecule has 0 spiro atoms. The fourth-order valence-corrected chi connectivity index (χ4v) is 3.62. The van der Waals surface area contributed by atoms with Crippen LogP contribution in [-0.2, 0) is 4.79 Å². The van der Waals surface area contributed by atoms with Crippen molar-refractivity contribution in [2.75, 3.05) is 0 Å². The first-order valence-corrected chi connectivity index (χ1v) is 8.60. The molecule has 2 amide bonds. The molecular formula is C16H15N7O2S. The molecule has 9 nitrogen and oxygen atoms in total. The van der Waals surface area contributed by atoms with E-state index in [-0.39, 0.29) is 11.9 Å². The highest BCUT2D eigenvalue weighted by Gasteiger charge is 2.21. The third-order valence-electron chi connectivity index (χ3n) is 4.03. The Labute approximate surface area is 151 Å². The van der Waals surface area contributed by atoms with E-state index in [9.17, 15) is 9.59 Å². The van der Waals surface area contributed by atoms with E-state index in [1.807, 2.05) is 13.1 Å². The molecule has 1 aliphatic rings. The topological polar surface area (TPSA) is 130 Å². The Morgan fingerprint density at radius 2 is 2.23 bits per heavy atom. The number of thiazole rings is 1. The highest BCUT2D eigenvalue weighted by Crippen LogP contribution is 2.29. The van der Waals surface area contributed by atoms with Crippen LogP contribution in [0.1, 0.15) is 17.3 Å². The Bertz CT molecular complexity index is 1060. The number of nitrogens with one attached hydrogen (secondary N) is 3. The minimum absolute atomic E-state index is 0.155. The van der Waals surface area contributed by atoms with Crippen LogP contribution in [0.2, 0.25) is 0 Å². The highest BCUT2D eigenvalue weighted by atomic mass is 32.1. The molecular weight excluding hydrogens is 354 g/mol. The van der Waals surface area contributed by atoms with E-state index in [4.69, 9.17) is 5.73 Å². The first kappa shape index (κ1) is 16.1. The van der Waals surface area contributed by atoms with Crippen molar-refractivity contribution in [1.29, 1.82) is 0 Å². The van der Waals surface area contributed by atoms with E-state index >= 15 is 0 Å². The van der Waals surface area contributed by atoms with Crippen LogP contribution in [0.15, 0.2) is 48.3 Å². The summed E-state index contributed by atoms with van der Waals surface area (Å²) in [5.74, 6) is -0.863. The first-order chi connectivity index (χ1) is 12.5. The van der Waals surface area contributed by atoms with Crippen molar-refractivity contribution in [3.05, 3.63) is 53.9 Å². The molecule has 0 saturated heterocycles. The second-order valence-corrected chi connectivity index (χ2v) is 6.83. The Balaban J connectivity index is 1.62. The van der Waals surface area contributed by atoms with Crippen molar-refractivity contribution in [1.82, 2.24) is 30.4 Å². The van der Waals surface area contributed by atoms with Gasteiger partial charge in [-0.15, -0.1) is 11.3 Å². The number of dihydropyridines is 1. The number of carbonyl (C=O) groups is 2. The fraction of sp³-hybridized carbons (Fsp3) is 0.125. The second-order valence-electron chi connectivity index (χ2n) is 5.80. The lowest BCUT2D eigenvalue weighted by Crippen LogP contribution is -2.38. The van der Waals surface area contributed by atoms with Crippen LogP contribution in [0.3, 0.4) is 0 Å². The second kappa shape index (κ2) is 6.15. The van der Waals surface area contributed by atoms with Crippen LogP contribution >= 0.6 is 11.3 Å². The molecule has 0 aromatic carbocycles. The summed E-state index contributed by atoms with van der Waals surface area (Å²) in [6, 6.07) is -0.155. The summed E-state index contributed by atoms with van der Waals surface area (Å²) in [6.07, 6.45) is 9.97. The van der Waals surface area contributed by atoms with Gasteiger partial charge in [0, 0.05) is 29.9 Å². The molecule has 4 rings (SSSR count). The lowest BCUT2D eigenvalue weighted by atomic mass is 10.1. The zero-order chi connectivity index (χ0) is 18.3. The number of carbonyl (C=O) groups excluding carboxylic acids is 2. The molecule has 10 heteroatoms. The third-order valence-corrected chi connectivity index (χ3v) is 5.19. The number of primary amides is 1. The minimum Gasteiger partial charge on any atom is -0.382 e. The highest BCUT2D eigenvalue weighted by molar-refractivity contribution is 7.21. The molecule has 0 aliphatic carbocycles. The molecule has 26 heavy (non-hydrogen) atoms. The van der Waals surface area contributed by atoms with E-state index < -0.39 is 5.91 Å². The van der Waals surface area contributed by atoms with Crippen LogP contribution in [0.5, 0.6) is 0 Å². The van der Waals surface area contributed by atoms with E-state index in [1.165, 1.54) is 23.7 Å². The standard InChI is InChI=1S/C16H15N7O2S/c1-8-12(2-9(3-18-8)14(17)24)22-15(25)11-6-21-23-7-13(26-16(11)23)10-4-19-20-5-10/h2-8,18H,1H3,(H2,17,24)(H,19,20)(H,22,25). The van der Waals surface area contributed by atoms with Crippen LogP contribution in [-0.4, -0.2) is 37.7 Å². The molecule has 1 atom stereocenters. The maximum Gasteiger partial charge on any atom is 0.260 e. The number of aromatic nitrogens is 4. The summed E-state index contributed by atoms with van der Waals surface area (Å²) < 4.78 is 1.66. The molecule has 0 radical (unpaired) electrons. The summed E-state index contributed by atoms with van der Waals surface area (Å²) in [5.41, 5.74) is 7.55. The van der Waals surface area contributed by atoms with Gasteiger partial charge in [-0.05, 0) is 13.0 Å². The normalized spacial score (nSPS) is 16.7. The average Bonchev–Trinajstić information content (AvgIpc) is 3.32. The van der Waals surface area contributed by atoms with Gasteiger partial charge in [0.1, 0.15) is 4.83 Å². The lowest BCUT2D eigenvalue weighted by Gasteiger charge is -2.21. The molecule has 0 bridgehead atoms. The lowest BCUT2D eigenvalue weighted by molar-refractivity contribution is -0.114. The summed E-state index contributed by atoms with van der Waals surface area (Å²) in [7, 11) is 0. The quantitative estimate of drug-likeness (QED) is 0.539. The molecule has 5 N–H and O–H groups in total. The number of rotatable bonds is 4. The molecule has 3 aromatic rings. The van der Waals surface area contributed by atoms with Gasteiger partial charge in [-0.2, -0.15) is 10.2 Å². The monoisotopic (exact) mass is 369 g/mol. The van der Waals surface area contributed by atoms with Crippen LogP contribution in [0.25, 0.3) is 15.3 Å². The van der Waals surface area contributed by atoms with Crippen molar-refractivity contribution in [2.45, 2.75) is 13.0 Å². The minimum atomic E-state index is -0.563. The van der Waals surface area contributed by atoms with Gasteiger partial charge in [-0.25, -0.2) is 4.52 Å². The predicted octanol–water partition coefficient (Wildman–Crippen LogP) is 0.761. The third kappa shape index (κ3) is 2.75. The van der Waals surface area contributed by atoms with Crippen LogP contribution < -0.4 is 16.4 Å². The average molecular weight is 369 g/mol. The summed E-state index contributed by atoms with van der Waals surface area (Å²) in [6.45, 7) is 1.87. The zero-order valence-electron chi connectivity index (χ0n) is 13.7. The number of nitrogens with zero attached hydrogens (tertiary/aromatic N) is 3. The SMILES string of the molecule is CC1NC=C(C(N)=O)C=C1NC(=O)c1cnn2cc(-c3cn[nH]c3)sc12. The number of amides is 2. The van der Waals surface area contributed by atoms with Crippen molar-refractivity contribution in [2.24, 2.45) is 5.73 Å². The number of fused-ring (bicyclic) bond motifs is 1. The van der Waals surface area contributed by atoms with E-state index in [0.717, 1.165) is 15.3 Å². The van der Waals surface area contributed by atoms with Gasteiger partial charge in [0.25, 0.3) is 5.91 Å². The van der Waals surface area contributed by atoms with Crippen molar-refractivity contribution in [3.8, 4) is 10.4 Å². The fourth-order valence-electron chi connectivity index (χ4n) is 2.58. The largest absolute Gasteiger partial charge is 0.382 e. The number of nitrogens with two attached hydrogens (primary N) is 1. The Morgan fingerprint density at radius 1 is 1.38 bits per heavy atom. The van der Waals surface area contributed by atoms with Gasteiger partial charge in [-0.3, -0.25) is 14.7 Å². The van der Waals surface area contributed by atoms with Crippen LogP contribution in [0.4, 0.5) is 0 Å². The molecule has 1 aliphatic heterocycles. The molecule has 132 valence electrons. The molecule has 0 fully saturated rings. The van der Waals surface area contributed by atoms with Gasteiger partial charge in [0.2, 0.25) is 5.91 Å². The molecule has 0 saturated carbocycles. The number of hydrogen-bond donors (Lipinski definition) is 4. The zero-order valence-corrected chi connectivity index (χ0v) is 14.5. The van der Waals surface area contributed by atoms with Gasteiger partial charge >= 0.3 is 0 Å². The summed E-state index contributed by atoms with van der Waals surface area (Å²) >= 11 is 1.44. The number of aromatic amines is 1. The van der Waals surface area contributed by atoms with Crippen molar-refractivity contribution < 1.29 is 9.59 Å². The Hall–Kier alpha value is -3.40. The summed E-state index contributed by atoms with van der Waals surface area (Å²) in [4.78, 5) is 25.7. The molecule has 3 aromatic heterocycles. The Kier molecular flexibility index (Phi) is 3.81. The van der Waals surface area contributed by atoms with Gasteiger partial charge in [0.15, 0.2) is 0 Å². The maximum atomic E-state index is 12.7. The van der Waals surface area contributed by atoms with Crippen molar-refractivity contribution >= 4 is 28.0 Å². The molecule has 4 heterocycles. The summed E-state index contributed by atoms with van der Waals surface area (Å²) in [5, 5.41) is 16.8. The number of H-pyrrole nitrogens is 1. The number of hydrogen-bond acceptors (Lipinski definition) is 6. The Morgan fingerprint density at radius 3 is 2.96 bits per heavy atom.